The number of hydrogen-bond donors (Lipinski definition) is 1. The third-order valence-corrected chi connectivity index (χ3v) is 7.87. The number of imidazole rings is 1. The first kappa shape index (κ1) is 20.9. The maximum atomic E-state index is 12.9. The monoisotopic (exact) mass is 444 g/mol. The molecule has 1 aromatic carbocycles. The van der Waals surface area contributed by atoms with Crippen LogP contribution in [0.2, 0.25) is 0 Å². The van der Waals surface area contributed by atoms with Crippen LogP contribution in [0.4, 0.5) is 0 Å². The lowest BCUT2D eigenvalue weighted by Crippen LogP contribution is -2.37. The molecule has 1 N–H and O–H groups in total. The van der Waals surface area contributed by atoms with Crippen molar-refractivity contribution in [1.82, 2.24) is 19.3 Å². The maximum Gasteiger partial charge on any atom is 0.243 e. The van der Waals surface area contributed by atoms with E-state index in [1.807, 2.05) is 24.3 Å². The Bertz CT molecular complexity index is 1080. The van der Waals surface area contributed by atoms with E-state index in [1.54, 1.807) is 47.7 Å². The lowest BCUT2D eigenvalue weighted by Gasteiger charge is -2.25. The van der Waals surface area contributed by atoms with E-state index in [4.69, 9.17) is 9.72 Å². The molecule has 2 aromatic heterocycles. The lowest BCUT2D eigenvalue weighted by atomic mass is 10.1. The molecule has 1 fully saturated rings. The summed E-state index contributed by atoms with van der Waals surface area (Å²) in [5.41, 5.74) is 2.49. The highest BCUT2D eigenvalue weighted by molar-refractivity contribution is 7.99. The molecule has 0 spiro atoms. The first-order chi connectivity index (χ1) is 14.6. The molecule has 1 aliphatic rings. The van der Waals surface area contributed by atoms with Gasteiger partial charge in [-0.15, -0.1) is 0 Å². The van der Waals surface area contributed by atoms with Crippen molar-refractivity contribution in [2.75, 3.05) is 31.7 Å². The Balaban J connectivity index is 1.56. The largest absolute Gasteiger partial charge is 0.497 e. The number of nitrogens with one attached hydrogen (secondary N) is 1. The van der Waals surface area contributed by atoms with Gasteiger partial charge < -0.3 is 9.72 Å². The molecule has 0 bridgehead atoms. The van der Waals surface area contributed by atoms with Crippen LogP contribution in [0.1, 0.15) is 11.5 Å². The zero-order chi connectivity index (χ0) is 21.0. The van der Waals surface area contributed by atoms with Crippen LogP contribution in [0.25, 0.3) is 11.3 Å². The first-order valence-electron chi connectivity index (χ1n) is 9.78. The van der Waals surface area contributed by atoms with E-state index in [-0.39, 0.29) is 0 Å². The van der Waals surface area contributed by atoms with Crippen LogP contribution in [0.3, 0.4) is 0 Å². The van der Waals surface area contributed by atoms with E-state index >= 15 is 0 Å². The van der Waals surface area contributed by atoms with Crippen molar-refractivity contribution >= 4 is 21.8 Å². The van der Waals surface area contributed by atoms with Crippen LogP contribution >= 0.6 is 11.8 Å². The molecule has 0 atom stereocenters. The van der Waals surface area contributed by atoms with Gasteiger partial charge in [0.1, 0.15) is 11.6 Å². The second-order valence-electron chi connectivity index (χ2n) is 6.96. The molecule has 4 rings (SSSR count). The van der Waals surface area contributed by atoms with Crippen LogP contribution in [-0.2, 0) is 22.9 Å². The molecule has 3 heterocycles. The Morgan fingerprint density at radius 2 is 1.90 bits per heavy atom. The molecule has 0 amide bonds. The van der Waals surface area contributed by atoms with Gasteiger partial charge in [-0.1, -0.05) is 12.1 Å². The summed E-state index contributed by atoms with van der Waals surface area (Å²) in [6.45, 7) is 1.12. The van der Waals surface area contributed by atoms with E-state index in [0.29, 0.717) is 18.0 Å². The number of aromatic nitrogens is 3. The van der Waals surface area contributed by atoms with Gasteiger partial charge in [-0.3, -0.25) is 4.98 Å². The SMILES string of the molecule is COc1cc(CCc2ncc[nH]2)nc(-c2ccc(S(=O)(=O)N3CCSCC3)cc2)c1. The standard InChI is InChI=1S/C21H24N4O3S2/c1-28-18-14-17(4-7-21-22-8-9-23-21)24-20(15-18)16-2-5-19(6-3-16)30(26,27)25-10-12-29-13-11-25/h2-3,5-6,8-9,14-15H,4,7,10-13H2,1H3,(H,22,23). The fourth-order valence-electron chi connectivity index (χ4n) is 3.37. The smallest absolute Gasteiger partial charge is 0.243 e. The van der Waals surface area contributed by atoms with Crippen molar-refractivity contribution in [3.8, 4) is 17.0 Å². The first-order valence-corrected chi connectivity index (χ1v) is 12.4. The van der Waals surface area contributed by atoms with Crippen molar-refractivity contribution in [3.63, 3.8) is 0 Å². The van der Waals surface area contributed by atoms with E-state index in [2.05, 4.69) is 9.97 Å². The fourth-order valence-corrected chi connectivity index (χ4v) is 5.94. The van der Waals surface area contributed by atoms with Crippen molar-refractivity contribution < 1.29 is 13.2 Å². The lowest BCUT2D eigenvalue weighted by molar-refractivity contribution is 0.413. The zero-order valence-corrected chi connectivity index (χ0v) is 18.4. The molecule has 0 unspecified atom stereocenters. The molecule has 0 radical (unpaired) electrons. The number of hydrogen-bond acceptors (Lipinski definition) is 6. The molecule has 1 aliphatic heterocycles. The number of methoxy groups -OCH3 is 1. The highest BCUT2D eigenvalue weighted by Gasteiger charge is 2.26. The van der Waals surface area contributed by atoms with Gasteiger partial charge in [0.05, 0.1) is 17.7 Å². The molecule has 0 saturated carbocycles. The van der Waals surface area contributed by atoms with E-state index in [0.717, 1.165) is 52.9 Å². The number of aryl methyl sites for hydroxylation is 2. The number of benzene rings is 1. The summed E-state index contributed by atoms with van der Waals surface area (Å²) in [5.74, 6) is 3.31. The number of pyridine rings is 1. The number of H-pyrrole nitrogens is 1. The number of ether oxygens (including phenoxy) is 1. The summed E-state index contributed by atoms with van der Waals surface area (Å²) in [4.78, 5) is 12.4. The summed E-state index contributed by atoms with van der Waals surface area (Å²) in [6, 6.07) is 10.7. The molecule has 3 aromatic rings. The van der Waals surface area contributed by atoms with Gasteiger partial charge in [0.2, 0.25) is 10.0 Å². The van der Waals surface area contributed by atoms with Crippen LogP contribution in [0.5, 0.6) is 5.75 Å². The number of rotatable bonds is 7. The topological polar surface area (TPSA) is 88.2 Å². The predicted octanol–water partition coefficient (Wildman–Crippen LogP) is 3.00. The number of thioether (sulfide) groups is 1. The van der Waals surface area contributed by atoms with Crippen LogP contribution in [0.15, 0.2) is 53.7 Å². The Hall–Kier alpha value is -2.36. The van der Waals surface area contributed by atoms with Gasteiger partial charge in [0, 0.05) is 66.8 Å². The maximum absolute atomic E-state index is 12.9. The molecule has 1 saturated heterocycles. The second-order valence-corrected chi connectivity index (χ2v) is 10.1. The average molecular weight is 445 g/mol. The third kappa shape index (κ3) is 4.69. The summed E-state index contributed by atoms with van der Waals surface area (Å²) in [7, 11) is -1.82. The molecule has 158 valence electrons. The third-order valence-electron chi connectivity index (χ3n) is 5.02. The molecule has 30 heavy (non-hydrogen) atoms. The highest BCUT2D eigenvalue weighted by atomic mass is 32.2. The van der Waals surface area contributed by atoms with Crippen molar-refractivity contribution in [2.24, 2.45) is 0 Å². The molecule has 7 nitrogen and oxygen atoms in total. The minimum absolute atomic E-state index is 0.319. The van der Waals surface area contributed by atoms with Gasteiger partial charge in [0.15, 0.2) is 0 Å². The van der Waals surface area contributed by atoms with Gasteiger partial charge in [-0.05, 0) is 18.6 Å². The Morgan fingerprint density at radius 1 is 1.13 bits per heavy atom. The van der Waals surface area contributed by atoms with Crippen molar-refractivity contribution in [1.29, 1.82) is 0 Å². The van der Waals surface area contributed by atoms with E-state index in [9.17, 15) is 8.42 Å². The van der Waals surface area contributed by atoms with Crippen LogP contribution in [-0.4, -0.2) is 59.4 Å². The molecular formula is C21H24N4O3S2. The quantitative estimate of drug-likeness (QED) is 0.603. The van der Waals surface area contributed by atoms with E-state index in [1.165, 1.54) is 0 Å². The van der Waals surface area contributed by atoms with Crippen molar-refractivity contribution in [2.45, 2.75) is 17.7 Å². The van der Waals surface area contributed by atoms with Crippen molar-refractivity contribution in [3.05, 3.63) is 60.3 Å². The summed E-state index contributed by atoms with van der Waals surface area (Å²) in [5, 5.41) is 0. The zero-order valence-electron chi connectivity index (χ0n) is 16.7. The summed E-state index contributed by atoms with van der Waals surface area (Å²) < 4.78 is 32.7. The predicted molar refractivity (Wildman–Crippen MR) is 118 cm³/mol. The van der Waals surface area contributed by atoms with Gasteiger partial charge >= 0.3 is 0 Å². The van der Waals surface area contributed by atoms with Gasteiger partial charge in [0.25, 0.3) is 0 Å². The summed E-state index contributed by atoms with van der Waals surface area (Å²) in [6.07, 6.45) is 5.01. The number of sulfonamides is 1. The second kappa shape index (κ2) is 9.20. The number of nitrogens with zero attached hydrogens (tertiary/aromatic N) is 3. The molecule has 0 aliphatic carbocycles. The van der Waals surface area contributed by atoms with E-state index < -0.39 is 10.0 Å². The fraction of sp³-hybridized carbons (Fsp3) is 0.333. The Kier molecular flexibility index (Phi) is 6.40. The minimum Gasteiger partial charge on any atom is -0.497 e. The average Bonchev–Trinajstić information content (AvgIpc) is 3.32. The van der Waals surface area contributed by atoms with Gasteiger partial charge in [-0.2, -0.15) is 16.1 Å². The van der Waals surface area contributed by atoms with Crippen LogP contribution in [0, 0.1) is 0 Å². The normalized spacial score (nSPS) is 15.2. The summed E-state index contributed by atoms with van der Waals surface area (Å²) >= 11 is 1.79. The Morgan fingerprint density at radius 3 is 2.57 bits per heavy atom. The molecule has 9 heteroatoms. The highest BCUT2D eigenvalue weighted by Crippen LogP contribution is 2.26. The Labute approximate surface area is 181 Å². The van der Waals surface area contributed by atoms with Crippen LogP contribution < -0.4 is 4.74 Å². The van der Waals surface area contributed by atoms with Gasteiger partial charge in [-0.25, -0.2) is 13.4 Å². The minimum atomic E-state index is -3.45. The molecular weight excluding hydrogens is 420 g/mol. The number of aromatic amines is 1.